The summed E-state index contributed by atoms with van der Waals surface area (Å²) < 4.78 is 0. The molecule has 1 aromatic rings. The van der Waals surface area contributed by atoms with E-state index in [2.05, 4.69) is 0 Å². The van der Waals surface area contributed by atoms with E-state index in [9.17, 15) is 19.2 Å². The summed E-state index contributed by atoms with van der Waals surface area (Å²) in [7, 11) is 0. The fourth-order valence-corrected chi connectivity index (χ4v) is 3.68. The highest BCUT2D eigenvalue weighted by Crippen LogP contribution is 2.27. The first-order valence-corrected chi connectivity index (χ1v) is 8.69. The minimum Gasteiger partial charge on any atom is -0.292 e. The zero-order valence-electron chi connectivity index (χ0n) is 14.6. The van der Waals surface area contributed by atoms with Crippen LogP contribution in [0.1, 0.15) is 53.6 Å². The number of urea groups is 1. The minimum atomic E-state index is -0.895. The third kappa shape index (κ3) is 3.21. The number of ketones is 1. The van der Waals surface area contributed by atoms with Crippen LogP contribution in [0.4, 0.5) is 4.79 Å². The monoisotopic (exact) mass is 342 g/mol. The molecule has 1 aliphatic heterocycles. The quantitative estimate of drug-likeness (QED) is 0.479. The molecule has 0 radical (unpaired) electrons. The normalized spacial score (nSPS) is 19.0. The molecule has 0 atom stereocenters. The average molecular weight is 342 g/mol. The van der Waals surface area contributed by atoms with Crippen LogP contribution in [-0.4, -0.2) is 46.0 Å². The topological polar surface area (TPSA) is 74.8 Å². The van der Waals surface area contributed by atoms with E-state index in [0.29, 0.717) is 5.56 Å². The molecule has 6 nitrogen and oxygen atoms in total. The number of nitrogens with zero attached hydrogens (tertiary/aromatic N) is 2. The maximum atomic E-state index is 12.6. The van der Waals surface area contributed by atoms with Gasteiger partial charge in [-0.3, -0.25) is 19.3 Å². The van der Waals surface area contributed by atoms with E-state index in [1.54, 1.807) is 6.07 Å². The van der Waals surface area contributed by atoms with Crippen molar-refractivity contribution in [3.63, 3.8) is 0 Å². The molecule has 4 amide bonds. The fraction of sp³-hybridized carbons (Fsp3) is 0.474. The zero-order valence-corrected chi connectivity index (χ0v) is 14.6. The van der Waals surface area contributed by atoms with Gasteiger partial charge in [-0.05, 0) is 32.3 Å². The van der Waals surface area contributed by atoms with Gasteiger partial charge in [0.15, 0.2) is 5.78 Å². The van der Waals surface area contributed by atoms with Gasteiger partial charge in [0.1, 0.15) is 0 Å². The SMILES string of the molecule is Cc1ccc(C(=O)CN2C(=O)C(=O)N(C3CCCCC3)C2=O)c(C)c1. The molecule has 0 aromatic heterocycles. The van der Waals surface area contributed by atoms with E-state index in [4.69, 9.17) is 0 Å². The van der Waals surface area contributed by atoms with E-state index in [1.807, 2.05) is 26.0 Å². The van der Waals surface area contributed by atoms with E-state index < -0.39 is 24.4 Å². The van der Waals surface area contributed by atoms with Gasteiger partial charge in [-0.25, -0.2) is 9.69 Å². The third-order valence-corrected chi connectivity index (χ3v) is 5.01. The molecule has 2 aliphatic rings. The lowest BCUT2D eigenvalue weighted by atomic mass is 9.94. The van der Waals surface area contributed by atoms with Crippen LogP contribution in [0.2, 0.25) is 0 Å². The van der Waals surface area contributed by atoms with Crippen molar-refractivity contribution in [1.82, 2.24) is 9.80 Å². The van der Waals surface area contributed by atoms with Gasteiger partial charge in [0.05, 0.1) is 6.54 Å². The van der Waals surface area contributed by atoms with Crippen LogP contribution in [0.5, 0.6) is 0 Å². The zero-order chi connectivity index (χ0) is 18.1. The summed E-state index contributed by atoms with van der Waals surface area (Å²) in [5.74, 6) is -2.03. The van der Waals surface area contributed by atoms with Gasteiger partial charge in [0, 0.05) is 11.6 Å². The number of benzene rings is 1. The molecule has 25 heavy (non-hydrogen) atoms. The van der Waals surface area contributed by atoms with Gasteiger partial charge < -0.3 is 0 Å². The van der Waals surface area contributed by atoms with Crippen LogP contribution >= 0.6 is 0 Å². The summed E-state index contributed by atoms with van der Waals surface area (Å²) in [4.78, 5) is 51.5. The number of carbonyl (C=O) groups excluding carboxylic acids is 4. The number of aryl methyl sites for hydroxylation is 2. The van der Waals surface area contributed by atoms with Crippen molar-refractivity contribution in [3.8, 4) is 0 Å². The fourth-order valence-electron chi connectivity index (χ4n) is 3.68. The van der Waals surface area contributed by atoms with Crippen LogP contribution in [0, 0.1) is 13.8 Å². The van der Waals surface area contributed by atoms with Crippen LogP contribution in [0.25, 0.3) is 0 Å². The third-order valence-electron chi connectivity index (χ3n) is 5.01. The predicted molar refractivity (Wildman–Crippen MR) is 91.1 cm³/mol. The molecular weight excluding hydrogens is 320 g/mol. The van der Waals surface area contributed by atoms with E-state index in [-0.39, 0.29) is 11.8 Å². The van der Waals surface area contributed by atoms with Crippen molar-refractivity contribution in [2.75, 3.05) is 6.54 Å². The summed E-state index contributed by atoms with van der Waals surface area (Å²) in [5.41, 5.74) is 2.29. The van der Waals surface area contributed by atoms with Crippen LogP contribution in [-0.2, 0) is 9.59 Å². The molecule has 1 heterocycles. The maximum Gasteiger partial charge on any atom is 0.334 e. The van der Waals surface area contributed by atoms with Crippen molar-refractivity contribution in [1.29, 1.82) is 0 Å². The number of imide groups is 2. The summed E-state index contributed by atoms with van der Waals surface area (Å²) in [6.45, 7) is 3.35. The molecule has 0 bridgehead atoms. The highest BCUT2D eigenvalue weighted by molar-refractivity contribution is 6.45. The van der Waals surface area contributed by atoms with Gasteiger partial charge in [-0.15, -0.1) is 0 Å². The Labute approximate surface area is 146 Å². The van der Waals surface area contributed by atoms with E-state index in [0.717, 1.165) is 53.0 Å². The summed E-state index contributed by atoms with van der Waals surface area (Å²) in [6.07, 6.45) is 4.41. The van der Waals surface area contributed by atoms with Crippen molar-refractivity contribution in [2.24, 2.45) is 0 Å². The summed E-state index contributed by atoms with van der Waals surface area (Å²) in [6, 6.07) is 4.51. The molecule has 1 saturated carbocycles. The Hall–Kier alpha value is -2.50. The smallest absolute Gasteiger partial charge is 0.292 e. The first-order valence-electron chi connectivity index (χ1n) is 8.69. The van der Waals surface area contributed by atoms with Crippen molar-refractivity contribution < 1.29 is 19.2 Å². The first-order chi connectivity index (χ1) is 11.9. The predicted octanol–water partition coefficient (Wildman–Crippen LogP) is 2.61. The molecule has 2 fully saturated rings. The molecule has 0 unspecified atom stereocenters. The maximum absolute atomic E-state index is 12.6. The molecule has 1 aromatic carbocycles. The number of rotatable bonds is 4. The molecule has 3 rings (SSSR count). The summed E-state index contributed by atoms with van der Waals surface area (Å²) >= 11 is 0. The second-order valence-electron chi connectivity index (χ2n) is 6.88. The number of amides is 4. The van der Waals surface area contributed by atoms with E-state index >= 15 is 0 Å². The molecule has 1 saturated heterocycles. The largest absolute Gasteiger partial charge is 0.334 e. The molecule has 6 heteroatoms. The highest BCUT2D eigenvalue weighted by Gasteiger charge is 2.48. The van der Waals surface area contributed by atoms with Gasteiger partial charge >= 0.3 is 17.8 Å². The number of carbonyl (C=O) groups is 4. The van der Waals surface area contributed by atoms with Crippen molar-refractivity contribution in [2.45, 2.75) is 52.0 Å². The molecule has 132 valence electrons. The standard InChI is InChI=1S/C19H22N2O4/c1-12-8-9-15(13(2)10-12)16(22)11-20-17(23)18(24)21(19(20)25)14-6-4-3-5-7-14/h8-10,14H,3-7,11H2,1-2H3. The second kappa shape index (κ2) is 6.78. The Balaban J connectivity index is 1.78. The van der Waals surface area contributed by atoms with Gasteiger partial charge in [-0.1, -0.05) is 43.0 Å². The molecule has 0 spiro atoms. The lowest BCUT2D eigenvalue weighted by molar-refractivity contribution is -0.144. The Kier molecular flexibility index (Phi) is 4.70. The second-order valence-corrected chi connectivity index (χ2v) is 6.88. The Bertz CT molecular complexity index is 750. The highest BCUT2D eigenvalue weighted by atomic mass is 16.2. The van der Waals surface area contributed by atoms with Crippen molar-refractivity contribution in [3.05, 3.63) is 34.9 Å². The number of Topliss-reactive ketones (excluding diaryl/α,β-unsaturated/α-hetero) is 1. The Morgan fingerprint density at radius 1 is 1.04 bits per heavy atom. The Morgan fingerprint density at radius 2 is 1.72 bits per heavy atom. The van der Waals surface area contributed by atoms with Crippen LogP contribution in [0.3, 0.4) is 0 Å². The summed E-state index contributed by atoms with van der Waals surface area (Å²) in [5, 5.41) is 0. The number of hydrogen-bond acceptors (Lipinski definition) is 4. The first kappa shape index (κ1) is 17.3. The van der Waals surface area contributed by atoms with Crippen LogP contribution in [0.15, 0.2) is 18.2 Å². The van der Waals surface area contributed by atoms with Gasteiger partial charge in [-0.2, -0.15) is 0 Å². The lowest BCUT2D eigenvalue weighted by Crippen LogP contribution is -2.43. The van der Waals surface area contributed by atoms with E-state index in [1.165, 1.54) is 0 Å². The number of hydrogen-bond donors (Lipinski definition) is 0. The van der Waals surface area contributed by atoms with Gasteiger partial charge in [0.25, 0.3) is 0 Å². The Morgan fingerprint density at radius 3 is 2.36 bits per heavy atom. The molecular formula is C19H22N2O4. The lowest BCUT2D eigenvalue weighted by Gasteiger charge is -2.28. The minimum absolute atomic E-state index is 0.223. The van der Waals surface area contributed by atoms with Crippen molar-refractivity contribution >= 4 is 23.6 Å². The average Bonchev–Trinajstić information content (AvgIpc) is 2.79. The molecule has 0 N–H and O–H groups in total. The van der Waals surface area contributed by atoms with Gasteiger partial charge in [0.2, 0.25) is 0 Å². The van der Waals surface area contributed by atoms with Crippen LogP contribution < -0.4 is 0 Å². The molecule has 1 aliphatic carbocycles.